The second-order valence-corrected chi connectivity index (χ2v) is 5.57. The Morgan fingerprint density at radius 1 is 1.50 bits per heavy atom. The number of hydrogen-bond acceptors (Lipinski definition) is 1. The van der Waals surface area contributed by atoms with Gasteiger partial charge in [0.05, 0.1) is 0 Å². The maximum absolute atomic E-state index is 11.7. The highest BCUT2D eigenvalue weighted by atomic mass is 79.9. The van der Waals surface area contributed by atoms with E-state index in [0.29, 0.717) is 16.6 Å². The van der Waals surface area contributed by atoms with Crippen LogP contribution < -0.4 is 5.32 Å². The summed E-state index contributed by atoms with van der Waals surface area (Å²) in [5.41, 5.74) is 0.635. The molecule has 5 heteroatoms. The lowest BCUT2D eigenvalue weighted by atomic mass is 10.1. The van der Waals surface area contributed by atoms with Crippen LogP contribution in [0.2, 0.25) is 5.02 Å². The molecule has 0 saturated heterocycles. The van der Waals surface area contributed by atoms with Gasteiger partial charge in [0.2, 0.25) is 5.91 Å². The number of benzene rings is 1. The zero-order valence-corrected chi connectivity index (χ0v) is 11.4. The van der Waals surface area contributed by atoms with Gasteiger partial charge in [-0.15, -0.1) is 11.6 Å². The fourth-order valence-electron chi connectivity index (χ4n) is 1.35. The Morgan fingerprint density at radius 3 is 2.81 bits per heavy atom. The third-order valence-corrected chi connectivity index (χ3v) is 3.66. The molecule has 86 valence electrons. The minimum absolute atomic E-state index is 0.177. The van der Waals surface area contributed by atoms with E-state index in [4.69, 9.17) is 23.2 Å². The molecule has 1 aromatic rings. The molecule has 1 aliphatic rings. The van der Waals surface area contributed by atoms with Crippen LogP contribution in [0, 0.1) is 0 Å². The van der Waals surface area contributed by atoms with Gasteiger partial charge in [0.15, 0.2) is 0 Å². The Bertz CT molecular complexity index is 420. The van der Waals surface area contributed by atoms with Gasteiger partial charge in [-0.05, 0) is 36.6 Å². The molecule has 1 fully saturated rings. The van der Waals surface area contributed by atoms with Crippen molar-refractivity contribution in [2.24, 2.45) is 0 Å². The first-order valence-electron chi connectivity index (χ1n) is 4.97. The monoisotopic (exact) mass is 321 g/mol. The molecule has 1 atom stereocenters. The van der Waals surface area contributed by atoms with Gasteiger partial charge in [-0.25, -0.2) is 0 Å². The molecule has 0 spiro atoms. The Balaban J connectivity index is 2.14. The van der Waals surface area contributed by atoms with Crippen molar-refractivity contribution >= 4 is 45.0 Å². The fraction of sp³-hybridized carbons (Fsp3) is 0.364. The van der Waals surface area contributed by atoms with Crippen LogP contribution in [0.3, 0.4) is 0 Å². The van der Waals surface area contributed by atoms with Gasteiger partial charge in [0.1, 0.15) is 5.38 Å². The van der Waals surface area contributed by atoms with Crippen LogP contribution in [0.4, 0.5) is 0 Å². The molecule has 0 bridgehead atoms. The summed E-state index contributed by atoms with van der Waals surface area (Å²) < 4.78 is 0.858. The number of amides is 1. The van der Waals surface area contributed by atoms with E-state index in [1.807, 2.05) is 6.07 Å². The van der Waals surface area contributed by atoms with Crippen LogP contribution >= 0.6 is 39.1 Å². The molecule has 2 rings (SSSR count). The van der Waals surface area contributed by atoms with Crippen LogP contribution in [0.5, 0.6) is 0 Å². The zero-order chi connectivity index (χ0) is 11.7. The lowest BCUT2D eigenvalue weighted by Crippen LogP contribution is -2.28. The first kappa shape index (κ1) is 12.2. The molecule has 1 unspecified atom stereocenters. The molecule has 1 aliphatic carbocycles. The number of carbonyl (C=O) groups excluding carboxylic acids is 1. The lowest BCUT2D eigenvalue weighted by molar-refractivity contribution is -0.121. The smallest absolute Gasteiger partial charge is 0.242 e. The van der Waals surface area contributed by atoms with Gasteiger partial charge >= 0.3 is 0 Å². The van der Waals surface area contributed by atoms with E-state index >= 15 is 0 Å². The van der Waals surface area contributed by atoms with Crippen molar-refractivity contribution in [3.63, 3.8) is 0 Å². The highest BCUT2D eigenvalue weighted by molar-refractivity contribution is 9.10. The first-order valence-corrected chi connectivity index (χ1v) is 6.58. The van der Waals surface area contributed by atoms with Gasteiger partial charge in [-0.2, -0.15) is 0 Å². The number of rotatable bonds is 3. The molecule has 1 amide bonds. The largest absolute Gasteiger partial charge is 0.352 e. The maximum atomic E-state index is 11.7. The van der Waals surface area contributed by atoms with E-state index in [2.05, 4.69) is 21.2 Å². The summed E-state index contributed by atoms with van der Waals surface area (Å²) in [7, 11) is 0. The SMILES string of the molecule is O=C(NC1CC1)C(Cl)c1cc(Br)ccc1Cl. The fourth-order valence-corrected chi connectivity index (χ4v) is 2.26. The highest BCUT2D eigenvalue weighted by Gasteiger charge is 2.28. The molecule has 16 heavy (non-hydrogen) atoms. The van der Waals surface area contributed by atoms with Crippen LogP contribution in [0.15, 0.2) is 22.7 Å². The average Bonchev–Trinajstić information content (AvgIpc) is 3.04. The topological polar surface area (TPSA) is 29.1 Å². The molecule has 0 heterocycles. The second-order valence-electron chi connectivity index (χ2n) is 3.81. The number of alkyl halides is 1. The van der Waals surface area contributed by atoms with E-state index in [0.717, 1.165) is 17.3 Å². The minimum Gasteiger partial charge on any atom is -0.352 e. The number of nitrogens with one attached hydrogen (secondary N) is 1. The van der Waals surface area contributed by atoms with Crippen molar-refractivity contribution in [2.75, 3.05) is 0 Å². The third-order valence-electron chi connectivity index (χ3n) is 2.39. The number of hydrogen-bond donors (Lipinski definition) is 1. The zero-order valence-electron chi connectivity index (χ0n) is 8.34. The average molecular weight is 323 g/mol. The predicted molar refractivity (Wildman–Crippen MR) is 68.9 cm³/mol. The van der Waals surface area contributed by atoms with Crippen LogP contribution in [0.1, 0.15) is 23.8 Å². The van der Waals surface area contributed by atoms with E-state index in [1.54, 1.807) is 12.1 Å². The summed E-state index contributed by atoms with van der Waals surface area (Å²) >= 11 is 15.4. The normalized spacial score (nSPS) is 16.9. The molecule has 0 aromatic heterocycles. The molecule has 1 saturated carbocycles. The van der Waals surface area contributed by atoms with E-state index in [-0.39, 0.29) is 5.91 Å². The highest BCUT2D eigenvalue weighted by Crippen LogP contribution is 2.31. The van der Waals surface area contributed by atoms with E-state index in [1.165, 1.54) is 0 Å². The van der Waals surface area contributed by atoms with Crippen molar-refractivity contribution in [1.29, 1.82) is 0 Å². The Hall–Kier alpha value is -0.250. The molecule has 0 aliphatic heterocycles. The number of carbonyl (C=O) groups is 1. The molecule has 0 radical (unpaired) electrons. The van der Waals surface area contributed by atoms with Crippen molar-refractivity contribution in [3.05, 3.63) is 33.3 Å². The summed E-state index contributed by atoms with van der Waals surface area (Å²) in [6.07, 6.45) is 2.09. The van der Waals surface area contributed by atoms with Gasteiger partial charge < -0.3 is 5.32 Å². The summed E-state index contributed by atoms with van der Waals surface area (Å²) in [5.74, 6) is -0.177. The quantitative estimate of drug-likeness (QED) is 0.845. The summed E-state index contributed by atoms with van der Waals surface area (Å²) in [5, 5.41) is 2.63. The molecule has 2 nitrogen and oxygen atoms in total. The summed E-state index contributed by atoms with van der Waals surface area (Å²) in [6.45, 7) is 0. The van der Waals surface area contributed by atoms with E-state index in [9.17, 15) is 4.79 Å². The third kappa shape index (κ3) is 2.90. The van der Waals surface area contributed by atoms with Gasteiger partial charge in [-0.1, -0.05) is 27.5 Å². The number of halogens is 3. The van der Waals surface area contributed by atoms with Crippen molar-refractivity contribution in [2.45, 2.75) is 24.3 Å². The van der Waals surface area contributed by atoms with Gasteiger partial charge in [0, 0.05) is 15.5 Å². The standard InChI is InChI=1S/C11H10BrCl2NO/c12-6-1-4-9(13)8(5-6)10(14)11(16)15-7-2-3-7/h1,4-5,7,10H,2-3H2,(H,15,16). The predicted octanol–water partition coefficient (Wildman–Crippen LogP) is 3.66. The molecule has 1 N–H and O–H groups in total. The van der Waals surface area contributed by atoms with Crippen molar-refractivity contribution < 1.29 is 4.79 Å². The second kappa shape index (κ2) is 4.94. The summed E-state index contributed by atoms with van der Waals surface area (Å²) in [6, 6.07) is 5.61. The van der Waals surface area contributed by atoms with E-state index < -0.39 is 5.38 Å². The maximum Gasteiger partial charge on any atom is 0.242 e. The Kier molecular flexibility index (Phi) is 3.77. The first-order chi connectivity index (χ1) is 7.58. The Labute approximate surface area is 112 Å². The minimum atomic E-state index is -0.731. The Morgan fingerprint density at radius 2 is 2.19 bits per heavy atom. The molecule has 1 aromatic carbocycles. The van der Waals surface area contributed by atoms with Crippen molar-refractivity contribution in [3.8, 4) is 0 Å². The van der Waals surface area contributed by atoms with Crippen LogP contribution in [0.25, 0.3) is 0 Å². The lowest BCUT2D eigenvalue weighted by Gasteiger charge is -2.12. The van der Waals surface area contributed by atoms with Crippen LogP contribution in [-0.4, -0.2) is 11.9 Å². The van der Waals surface area contributed by atoms with Crippen LogP contribution in [-0.2, 0) is 4.79 Å². The molecular weight excluding hydrogens is 313 g/mol. The van der Waals surface area contributed by atoms with Crippen molar-refractivity contribution in [1.82, 2.24) is 5.32 Å². The molecular formula is C11H10BrCl2NO. The summed E-state index contributed by atoms with van der Waals surface area (Å²) in [4.78, 5) is 11.7. The van der Waals surface area contributed by atoms with Gasteiger partial charge in [-0.3, -0.25) is 4.79 Å². The van der Waals surface area contributed by atoms with Gasteiger partial charge in [0.25, 0.3) is 0 Å².